The number of aromatic hydroxyl groups is 1. The molecule has 0 unspecified atom stereocenters. The SMILES string of the molecule is Oc1ccc(-c2ccc(Nc3ccc(-c4ccccc4)cc3)cc2)cc1. The second kappa shape index (κ2) is 7.16. The van der Waals surface area contributed by atoms with Crippen molar-refractivity contribution in [3.63, 3.8) is 0 Å². The van der Waals surface area contributed by atoms with Gasteiger partial charge in [0.15, 0.2) is 0 Å². The molecule has 0 amide bonds. The number of anilines is 2. The molecule has 0 aliphatic heterocycles. The Hall–Kier alpha value is -3.52. The number of phenols is 1. The molecule has 0 aliphatic rings. The van der Waals surface area contributed by atoms with Gasteiger partial charge < -0.3 is 10.4 Å². The minimum absolute atomic E-state index is 0.283. The first-order chi connectivity index (χ1) is 12.8. The first-order valence-corrected chi connectivity index (χ1v) is 8.60. The van der Waals surface area contributed by atoms with Gasteiger partial charge in [0.25, 0.3) is 0 Å². The molecule has 0 heterocycles. The van der Waals surface area contributed by atoms with Gasteiger partial charge in [0.2, 0.25) is 0 Å². The second-order valence-corrected chi connectivity index (χ2v) is 6.19. The van der Waals surface area contributed by atoms with Crippen LogP contribution in [0.4, 0.5) is 11.4 Å². The molecule has 0 saturated heterocycles. The van der Waals surface area contributed by atoms with E-state index in [2.05, 4.69) is 78.1 Å². The van der Waals surface area contributed by atoms with Crippen molar-refractivity contribution in [1.82, 2.24) is 0 Å². The lowest BCUT2D eigenvalue weighted by molar-refractivity contribution is 0.475. The highest BCUT2D eigenvalue weighted by Gasteiger charge is 2.01. The lowest BCUT2D eigenvalue weighted by Gasteiger charge is -2.09. The molecule has 4 rings (SSSR count). The molecular formula is C24H19NO. The van der Waals surface area contributed by atoms with Crippen LogP contribution < -0.4 is 5.32 Å². The Balaban J connectivity index is 1.48. The summed E-state index contributed by atoms with van der Waals surface area (Å²) < 4.78 is 0. The molecule has 4 aromatic rings. The summed E-state index contributed by atoms with van der Waals surface area (Å²) >= 11 is 0. The summed E-state index contributed by atoms with van der Waals surface area (Å²) in [7, 11) is 0. The van der Waals surface area contributed by atoms with Gasteiger partial charge in [-0.2, -0.15) is 0 Å². The molecular weight excluding hydrogens is 318 g/mol. The first-order valence-electron chi connectivity index (χ1n) is 8.60. The van der Waals surface area contributed by atoms with Crippen LogP contribution >= 0.6 is 0 Å². The molecule has 0 bridgehead atoms. The van der Waals surface area contributed by atoms with Gasteiger partial charge in [-0.05, 0) is 58.7 Å². The van der Waals surface area contributed by atoms with Crippen molar-refractivity contribution in [2.45, 2.75) is 0 Å². The van der Waals surface area contributed by atoms with Crippen LogP contribution in [0.2, 0.25) is 0 Å². The van der Waals surface area contributed by atoms with Crippen molar-refractivity contribution in [3.8, 4) is 28.0 Å². The standard InChI is InChI=1S/C24H19NO/c26-24-16-10-21(11-17-24)20-8-14-23(15-9-20)25-22-12-6-19(7-13-22)18-4-2-1-3-5-18/h1-17,25-26H. The highest BCUT2D eigenvalue weighted by molar-refractivity contribution is 5.71. The molecule has 0 spiro atoms. The van der Waals surface area contributed by atoms with E-state index in [0.29, 0.717) is 0 Å². The summed E-state index contributed by atoms with van der Waals surface area (Å²) in [5, 5.41) is 12.8. The van der Waals surface area contributed by atoms with Crippen LogP contribution in [0.3, 0.4) is 0 Å². The third-order valence-electron chi connectivity index (χ3n) is 4.37. The van der Waals surface area contributed by atoms with Crippen LogP contribution in [-0.4, -0.2) is 5.11 Å². The van der Waals surface area contributed by atoms with E-state index in [4.69, 9.17) is 0 Å². The van der Waals surface area contributed by atoms with Crippen molar-refractivity contribution in [1.29, 1.82) is 0 Å². The normalized spacial score (nSPS) is 10.5. The van der Waals surface area contributed by atoms with E-state index < -0.39 is 0 Å². The zero-order valence-corrected chi connectivity index (χ0v) is 14.3. The van der Waals surface area contributed by atoms with E-state index >= 15 is 0 Å². The van der Waals surface area contributed by atoms with Crippen molar-refractivity contribution in [2.75, 3.05) is 5.32 Å². The van der Waals surface area contributed by atoms with E-state index in [-0.39, 0.29) is 5.75 Å². The molecule has 0 aliphatic carbocycles. The van der Waals surface area contributed by atoms with Crippen LogP contribution in [0.15, 0.2) is 103 Å². The zero-order valence-electron chi connectivity index (χ0n) is 14.3. The highest BCUT2D eigenvalue weighted by Crippen LogP contribution is 2.26. The van der Waals surface area contributed by atoms with Gasteiger partial charge in [0, 0.05) is 11.4 Å². The Kier molecular flexibility index (Phi) is 4.40. The average Bonchev–Trinajstić information content (AvgIpc) is 2.71. The monoisotopic (exact) mass is 337 g/mol. The molecule has 0 radical (unpaired) electrons. The minimum atomic E-state index is 0.283. The molecule has 4 aromatic carbocycles. The fourth-order valence-electron chi connectivity index (χ4n) is 2.94. The maximum atomic E-state index is 9.39. The number of benzene rings is 4. The zero-order chi connectivity index (χ0) is 17.8. The third kappa shape index (κ3) is 3.60. The van der Waals surface area contributed by atoms with Crippen molar-refractivity contribution in [3.05, 3.63) is 103 Å². The maximum absolute atomic E-state index is 9.39. The first kappa shape index (κ1) is 16.0. The number of nitrogens with one attached hydrogen (secondary N) is 1. The molecule has 0 aromatic heterocycles. The Labute approximate surface area is 153 Å². The van der Waals surface area contributed by atoms with Crippen LogP contribution in [-0.2, 0) is 0 Å². The van der Waals surface area contributed by atoms with Gasteiger partial charge in [-0.1, -0.05) is 66.7 Å². The number of rotatable bonds is 4. The summed E-state index contributed by atoms with van der Waals surface area (Å²) in [6.07, 6.45) is 0. The quantitative estimate of drug-likeness (QED) is 0.447. The van der Waals surface area contributed by atoms with Gasteiger partial charge in [-0.25, -0.2) is 0 Å². The minimum Gasteiger partial charge on any atom is -0.508 e. The molecule has 2 nitrogen and oxygen atoms in total. The average molecular weight is 337 g/mol. The largest absolute Gasteiger partial charge is 0.508 e. The number of hydrogen-bond acceptors (Lipinski definition) is 2. The third-order valence-corrected chi connectivity index (χ3v) is 4.37. The topological polar surface area (TPSA) is 32.3 Å². The molecule has 126 valence electrons. The maximum Gasteiger partial charge on any atom is 0.115 e. The van der Waals surface area contributed by atoms with Crippen molar-refractivity contribution < 1.29 is 5.11 Å². The fraction of sp³-hybridized carbons (Fsp3) is 0. The summed E-state index contributed by atoms with van der Waals surface area (Å²) in [6, 6.07) is 34.3. The summed E-state index contributed by atoms with van der Waals surface area (Å²) in [4.78, 5) is 0. The van der Waals surface area contributed by atoms with Crippen LogP contribution in [0.5, 0.6) is 5.75 Å². The summed E-state index contributed by atoms with van der Waals surface area (Å²) in [5.41, 5.74) is 6.73. The lowest BCUT2D eigenvalue weighted by atomic mass is 10.0. The van der Waals surface area contributed by atoms with E-state index in [9.17, 15) is 5.11 Å². The Morgan fingerprint density at radius 3 is 1.27 bits per heavy atom. The van der Waals surface area contributed by atoms with Crippen LogP contribution in [0.25, 0.3) is 22.3 Å². The molecule has 2 heteroatoms. The molecule has 26 heavy (non-hydrogen) atoms. The van der Waals surface area contributed by atoms with Gasteiger partial charge in [-0.15, -0.1) is 0 Å². The molecule has 2 N–H and O–H groups in total. The predicted octanol–water partition coefficient (Wildman–Crippen LogP) is 6.47. The fourth-order valence-corrected chi connectivity index (χ4v) is 2.94. The van der Waals surface area contributed by atoms with Crippen LogP contribution in [0.1, 0.15) is 0 Å². The molecule has 0 fully saturated rings. The van der Waals surface area contributed by atoms with Gasteiger partial charge in [-0.3, -0.25) is 0 Å². The van der Waals surface area contributed by atoms with Gasteiger partial charge in [0.05, 0.1) is 0 Å². The van der Waals surface area contributed by atoms with E-state index in [1.54, 1.807) is 12.1 Å². The van der Waals surface area contributed by atoms with E-state index in [1.165, 1.54) is 11.1 Å². The van der Waals surface area contributed by atoms with Gasteiger partial charge in [0.1, 0.15) is 5.75 Å². The predicted molar refractivity (Wildman–Crippen MR) is 109 cm³/mol. The highest BCUT2D eigenvalue weighted by atomic mass is 16.3. The van der Waals surface area contributed by atoms with Crippen molar-refractivity contribution >= 4 is 11.4 Å². The number of phenolic OH excluding ortho intramolecular Hbond substituents is 1. The second-order valence-electron chi connectivity index (χ2n) is 6.19. The number of hydrogen-bond donors (Lipinski definition) is 2. The molecule has 0 saturated carbocycles. The van der Waals surface area contributed by atoms with Crippen molar-refractivity contribution in [2.24, 2.45) is 0 Å². The Morgan fingerprint density at radius 1 is 0.423 bits per heavy atom. The Morgan fingerprint density at radius 2 is 0.808 bits per heavy atom. The Bertz CT molecular complexity index is 973. The smallest absolute Gasteiger partial charge is 0.115 e. The van der Waals surface area contributed by atoms with E-state index in [1.807, 2.05) is 18.2 Å². The summed E-state index contributed by atoms with van der Waals surface area (Å²) in [6.45, 7) is 0. The van der Waals surface area contributed by atoms with Gasteiger partial charge >= 0.3 is 0 Å². The lowest BCUT2D eigenvalue weighted by Crippen LogP contribution is -1.90. The molecule has 0 atom stereocenters. The van der Waals surface area contributed by atoms with Crippen LogP contribution in [0, 0.1) is 0 Å². The van der Waals surface area contributed by atoms with E-state index in [0.717, 1.165) is 22.5 Å². The summed E-state index contributed by atoms with van der Waals surface area (Å²) in [5.74, 6) is 0.283.